The molecule has 2 aromatic rings. The SMILES string of the molecule is CCCC(C)Oc1nc2ccccc2cc1C(N)=S. The van der Waals surface area contributed by atoms with Gasteiger partial charge in [0, 0.05) is 5.39 Å². The van der Waals surface area contributed by atoms with Crippen LogP contribution in [0.25, 0.3) is 10.9 Å². The zero-order chi connectivity index (χ0) is 13.8. The van der Waals surface area contributed by atoms with Crippen molar-refractivity contribution in [2.24, 2.45) is 5.73 Å². The molecule has 1 atom stereocenters. The minimum Gasteiger partial charge on any atom is -0.474 e. The number of rotatable bonds is 5. The highest BCUT2D eigenvalue weighted by molar-refractivity contribution is 7.80. The van der Waals surface area contributed by atoms with Crippen molar-refractivity contribution in [2.45, 2.75) is 32.8 Å². The number of nitrogens with zero attached hydrogens (tertiary/aromatic N) is 1. The second-order valence-electron chi connectivity index (χ2n) is 4.62. The first kappa shape index (κ1) is 13.7. The molecular formula is C15H18N2OS. The maximum absolute atomic E-state index is 5.88. The van der Waals surface area contributed by atoms with E-state index in [4.69, 9.17) is 22.7 Å². The highest BCUT2D eigenvalue weighted by Crippen LogP contribution is 2.23. The van der Waals surface area contributed by atoms with Crippen molar-refractivity contribution in [3.8, 4) is 5.88 Å². The van der Waals surface area contributed by atoms with Gasteiger partial charge in [-0.1, -0.05) is 43.8 Å². The van der Waals surface area contributed by atoms with Gasteiger partial charge in [-0.05, 0) is 25.5 Å². The number of pyridine rings is 1. The van der Waals surface area contributed by atoms with E-state index in [0.29, 0.717) is 16.4 Å². The van der Waals surface area contributed by atoms with Gasteiger partial charge in [0.25, 0.3) is 0 Å². The number of hydrogen-bond donors (Lipinski definition) is 1. The van der Waals surface area contributed by atoms with Crippen LogP contribution in [0.3, 0.4) is 0 Å². The summed E-state index contributed by atoms with van der Waals surface area (Å²) in [5.41, 5.74) is 7.36. The van der Waals surface area contributed by atoms with Crippen molar-refractivity contribution in [1.29, 1.82) is 0 Å². The van der Waals surface area contributed by atoms with Gasteiger partial charge in [0.15, 0.2) is 0 Å². The van der Waals surface area contributed by atoms with Crippen LogP contribution in [-0.2, 0) is 0 Å². The number of fused-ring (bicyclic) bond motifs is 1. The molecular weight excluding hydrogens is 256 g/mol. The molecule has 2 rings (SSSR count). The van der Waals surface area contributed by atoms with Crippen molar-refractivity contribution in [3.63, 3.8) is 0 Å². The molecule has 3 nitrogen and oxygen atoms in total. The maximum atomic E-state index is 5.88. The van der Waals surface area contributed by atoms with Gasteiger partial charge in [-0.25, -0.2) is 4.98 Å². The molecule has 0 spiro atoms. The third kappa shape index (κ3) is 3.20. The fourth-order valence-electron chi connectivity index (χ4n) is 2.02. The lowest BCUT2D eigenvalue weighted by Crippen LogP contribution is -2.17. The molecule has 0 amide bonds. The second kappa shape index (κ2) is 5.97. The highest BCUT2D eigenvalue weighted by Gasteiger charge is 2.13. The summed E-state index contributed by atoms with van der Waals surface area (Å²) in [6.07, 6.45) is 2.15. The summed E-state index contributed by atoms with van der Waals surface area (Å²) in [5.74, 6) is 0.534. The Morgan fingerprint density at radius 3 is 2.84 bits per heavy atom. The topological polar surface area (TPSA) is 48.1 Å². The van der Waals surface area contributed by atoms with E-state index in [9.17, 15) is 0 Å². The van der Waals surface area contributed by atoms with Gasteiger partial charge in [0.05, 0.1) is 17.2 Å². The molecule has 4 heteroatoms. The molecule has 1 aromatic carbocycles. The van der Waals surface area contributed by atoms with Crippen LogP contribution in [0, 0.1) is 0 Å². The van der Waals surface area contributed by atoms with Crippen molar-refractivity contribution >= 4 is 28.1 Å². The van der Waals surface area contributed by atoms with Crippen LogP contribution in [0.5, 0.6) is 5.88 Å². The van der Waals surface area contributed by atoms with Gasteiger partial charge < -0.3 is 10.5 Å². The van der Waals surface area contributed by atoms with Crippen LogP contribution >= 0.6 is 12.2 Å². The van der Waals surface area contributed by atoms with Crippen LogP contribution < -0.4 is 10.5 Å². The van der Waals surface area contributed by atoms with Gasteiger partial charge in [-0.2, -0.15) is 0 Å². The highest BCUT2D eigenvalue weighted by atomic mass is 32.1. The summed E-state index contributed by atoms with van der Waals surface area (Å²) < 4.78 is 5.88. The lowest BCUT2D eigenvalue weighted by atomic mass is 10.1. The average molecular weight is 274 g/mol. The number of hydrogen-bond acceptors (Lipinski definition) is 3. The van der Waals surface area contributed by atoms with E-state index in [1.165, 1.54) is 0 Å². The summed E-state index contributed by atoms with van der Waals surface area (Å²) >= 11 is 5.09. The van der Waals surface area contributed by atoms with Crippen molar-refractivity contribution < 1.29 is 4.74 Å². The van der Waals surface area contributed by atoms with Gasteiger partial charge in [-0.15, -0.1) is 0 Å². The first-order valence-corrected chi connectivity index (χ1v) is 6.89. The number of nitrogens with two attached hydrogens (primary N) is 1. The van der Waals surface area contributed by atoms with Gasteiger partial charge in [-0.3, -0.25) is 0 Å². The molecule has 1 aromatic heterocycles. The predicted octanol–water partition coefficient (Wildman–Crippen LogP) is 3.44. The lowest BCUT2D eigenvalue weighted by molar-refractivity contribution is 0.202. The lowest BCUT2D eigenvalue weighted by Gasteiger charge is -2.16. The van der Waals surface area contributed by atoms with Crippen LogP contribution in [0.4, 0.5) is 0 Å². The van der Waals surface area contributed by atoms with Crippen molar-refractivity contribution in [3.05, 3.63) is 35.9 Å². The molecule has 0 bridgehead atoms. The smallest absolute Gasteiger partial charge is 0.224 e. The van der Waals surface area contributed by atoms with E-state index in [0.717, 1.165) is 23.7 Å². The Labute approximate surface area is 118 Å². The fourth-order valence-corrected chi connectivity index (χ4v) is 2.17. The summed E-state index contributed by atoms with van der Waals surface area (Å²) in [5, 5.41) is 1.01. The third-order valence-electron chi connectivity index (χ3n) is 2.96. The Morgan fingerprint density at radius 2 is 2.16 bits per heavy atom. The first-order chi connectivity index (χ1) is 9.11. The largest absolute Gasteiger partial charge is 0.474 e. The Kier molecular flexibility index (Phi) is 4.32. The number of ether oxygens (including phenoxy) is 1. The molecule has 0 aliphatic rings. The number of thiocarbonyl (C=S) groups is 1. The predicted molar refractivity (Wildman–Crippen MR) is 82.6 cm³/mol. The zero-order valence-corrected chi connectivity index (χ0v) is 12.0. The molecule has 2 N–H and O–H groups in total. The summed E-state index contributed by atoms with van der Waals surface area (Å²) in [7, 11) is 0. The number of aromatic nitrogens is 1. The first-order valence-electron chi connectivity index (χ1n) is 6.48. The third-order valence-corrected chi connectivity index (χ3v) is 3.18. The fraction of sp³-hybridized carbons (Fsp3) is 0.333. The molecule has 100 valence electrons. The Bertz CT molecular complexity index is 598. The molecule has 1 unspecified atom stereocenters. The molecule has 0 saturated carbocycles. The van der Waals surface area contributed by atoms with E-state index in [-0.39, 0.29) is 6.10 Å². The maximum Gasteiger partial charge on any atom is 0.224 e. The van der Waals surface area contributed by atoms with E-state index in [2.05, 4.69) is 11.9 Å². The Hall–Kier alpha value is -1.68. The molecule has 19 heavy (non-hydrogen) atoms. The quantitative estimate of drug-likeness (QED) is 0.849. The van der Waals surface area contributed by atoms with Crippen LogP contribution in [0.15, 0.2) is 30.3 Å². The van der Waals surface area contributed by atoms with Crippen LogP contribution in [0.1, 0.15) is 32.3 Å². The van der Waals surface area contributed by atoms with Gasteiger partial charge >= 0.3 is 0 Å². The number of benzene rings is 1. The average Bonchev–Trinajstić information content (AvgIpc) is 2.38. The minimum absolute atomic E-state index is 0.103. The Morgan fingerprint density at radius 1 is 1.42 bits per heavy atom. The van der Waals surface area contributed by atoms with Gasteiger partial charge in [0.1, 0.15) is 4.99 Å². The summed E-state index contributed by atoms with van der Waals surface area (Å²) in [6, 6.07) is 9.81. The van der Waals surface area contributed by atoms with E-state index >= 15 is 0 Å². The number of para-hydroxylation sites is 1. The standard InChI is InChI=1S/C15H18N2OS/c1-3-6-10(2)18-15-12(14(16)19)9-11-7-4-5-8-13(11)17-15/h4-5,7-10H,3,6H2,1-2H3,(H2,16,19). The minimum atomic E-state index is 0.103. The molecule has 1 heterocycles. The second-order valence-corrected chi connectivity index (χ2v) is 5.06. The van der Waals surface area contributed by atoms with Gasteiger partial charge in [0.2, 0.25) is 5.88 Å². The van der Waals surface area contributed by atoms with E-state index in [1.54, 1.807) is 0 Å². The summed E-state index contributed by atoms with van der Waals surface area (Å²) in [6.45, 7) is 4.16. The van der Waals surface area contributed by atoms with Crippen LogP contribution in [-0.4, -0.2) is 16.1 Å². The molecule has 0 aliphatic heterocycles. The molecule has 0 radical (unpaired) electrons. The molecule has 0 aliphatic carbocycles. The zero-order valence-electron chi connectivity index (χ0n) is 11.2. The summed E-state index contributed by atoms with van der Waals surface area (Å²) in [4.78, 5) is 4.85. The molecule has 0 fully saturated rings. The van der Waals surface area contributed by atoms with E-state index < -0.39 is 0 Å². The normalized spacial score (nSPS) is 12.3. The van der Waals surface area contributed by atoms with Crippen molar-refractivity contribution in [2.75, 3.05) is 0 Å². The van der Waals surface area contributed by atoms with Crippen molar-refractivity contribution in [1.82, 2.24) is 4.98 Å². The van der Waals surface area contributed by atoms with Crippen LogP contribution in [0.2, 0.25) is 0 Å². The molecule has 0 saturated heterocycles. The van der Waals surface area contributed by atoms with E-state index in [1.807, 2.05) is 37.3 Å². The Balaban J connectivity index is 2.44. The monoisotopic (exact) mass is 274 g/mol.